The molecule has 1 heterocycles. The number of rotatable bonds is 21. The summed E-state index contributed by atoms with van der Waals surface area (Å²) >= 11 is 0. The third-order valence-electron chi connectivity index (χ3n) is 10.7. The van der Waals surface area contributed by atoms with E-state index in [1.807, 2.05) is 0 Å². The molecule has 21 N–H and O–H groups in total. The molecule has 0 saturated carbocycles. The second-order valence-corrected chi connectivity index (χ2v) is 16.8. The van der Waals surface area contributed by atoms with Crippen LogP contribution < -0.4 is 71.2 Å². The number of hydrogen-bond donors (Lipinski definition) is 16. The minimum atomic E-state index is -1.91. The highest BCUT2D eigenvalue weighted by molar-refractivity contribution is 6.02. The van der Waals surface area contributed by atoms with Crippen molar-refractivity contribution in [3.05, 3.63) is 11.8 Å². The summed E-state index contributed by atoms with van der Waals surface area (Å²) in [6.07, 6.45) is 1.79. The number of nitrogens with two attached hydrogens (primary N) is 5. The number of amides is 8. The molecule has 1 aliphatic rings. The van der Waals surface area contributed by atoms with Crippen LogP contribution in [0, 0.1) is 5.92 Å². The van der Waals surface area contributed by atoms with E-state index in [4.69, 9.17) is 28.7 Å². The first-order valence-corrected chi connectivity index (χ1v) is 23.0. The lowest BCUT2D eigenvalue weighted by atomic mass is 10.0. The van der Waals surface area contributed by atoms with Gasteiger partial charge in [0.15, 0.2) is 5.96 Å². The van der Waals surface area contributed by atoms with Crippen molar-refractivity contribution in [3.8, 4) is 0 Å². The number of carbonyl (C=O) groups excluding carboxylic acids is 8. The summed E-state index contributed by atoms with van der Waals surface area (Å²) in [5.41, 5.74) is 27.7. The first-order chi connectivity index (χ1) is 31.7. The van der Waals surface area contributed by atoms with Gasteiger partial charge in [-0.05, 0) is 51.5 Å². The Morgan fingerprint density at radius 3 is 1.84 bits per heavy atom. The topological polar surface area (TPSA) is 436 Å². The zero-order valence-corrected chi connectivity index (χ0v) is 39.3. The molecule has 1 rings (SSSR count). The molecule has 0 aromatic rings. The second-order valence-electron chi connectivity index (χ2n) is 16.8. The standard InChI is InChI=1S/C42H78N14O11/c1-5-7-8-9-10-11-12-15-31(60)54-34-30(59)22-49-39(65)32(28(57)20-44)56-41(67)33(29(58)21-45)55-37(63)25(14-13-18-48-42(46)47)51-38(64)27(19-23(3)4)53-36(62)26(16-17-43)52-35(61)24(6-2)50-40(34)66/h6,23,25-30,32-34,57-59H,5,7-22,43-45H2,1-4H3,(H,49,65)(H,50,66)(H,51,64)(H,52,61)(H,53,62)(H,54,60)(H,55,63)(H,56,67)(H4,46,47,48)/b24-6-. The number of hydrogen-bond acceptors (Lipinski definition) is 15. The lowest BCUT2D eigenvalue weighted by Gasteiger charge is -2.30. The van der Waals surface area contributed by atoms with Crippen LogP contribution >= 0.6 is 0 Å². The van der Waals surface area contributed by atoms with E-state index in [-0.39, 0.29) is 57.1 Å². The number of aliphatic imine (C=N–C) groups is 1. The van der Waals surface area contributed by atoms with Crippen LogP contribution in [0.5, 0.6) is 0 Å². The summed E-state index contributed by atoms with van der Waals surface area (Å²) in [5.74, 6) is -8.29. The number of carbonyl (C=O) groups is 8. The molecule has 9 unspecified atom stereocenters. The molecule has 1 fully saturated rings. The third-order valence-corrected chi connectivity index (χ3v) is 10.7. The molecule has 8 amide bonds. The highest BCUT2D eigenvalue weighted by Crippen LogP contribution is 2.11. The van der Waals surface area contributed by atoms with Gasteiger partial charge in [-0.2, -0.15) is 0 Å². The first kappa shape index (κ1) is 59.5. The van der Waals surface area contributed by atoms with Crippen molar-refractivity contribution in [1.29, 1.82) is 0 Å². The molecule has 0 bridgehead atoms. The van der Waals surface area contributed by atoms with Crippen LogP contribution in [0.1, 0.15) is 105 Å². The highest BCUT2D eigenvalue weighted by Gasteiger charge is 2.38. The summed E-state index contributed by atoms with van der Waals surface area (Å²) in [5, 5.41) is 52.4. The third kappa shape index (κ3) is 22.3. The number of allylic oxidation sites excluding steroid dienone is 1. The number of aliphatic hydroxyl groups is 3. The van der Waals surface area contributed by atoms with Crippen LogP contribution in [0.4, 0.5) is 0 Å². The molecule has 25 nitrogen and oxygen atoms in total. The number of aliphatic hydroxyl groups excluding tert-OH is 3. The van der Waals surface area contributed by atoms with E-state index in [2.05, 4.69) is 54.5 Å². The smallest absolute Gasteiger partial charge is 0.268 e. The summed E-state index contributed by atoms with van der Waals surface area (Å²) in [6, 6.07) is -9.77. The molecule has 1 aliphatic heterocycles. The zero-order valence-electron chi connectivity index (χ0n) is 39.3. The molecule has 67 heavy (non-hydrogen) atoms. The second kappa shape index (κ2) is 32.3. The van der Waals surface area contributed by atoms with Crippen molar-refractivity contribution in [3.63, 3.8) is 0 Å². The fourth-order valence-electron chi connectivity index (χ4n) is 6.86. The molecule has 0 aliphatic carbocycles. The number of nitrogens with zero attached hydrogens (tertiary/aromatic N) is 1. The van der Waals surface area contributed by atoms with E-state index in [0.717, 1.165) is 38.5 Å². The van der Waals surface area contributed by atoms with Crippen LogP contribution in [0.15, 0.2) is 16.8 Å². The maximum absolute atomic E-state index is 14.0. The van der Waals surface area contributed by atoms with Crippen LogP contribution in [-0.2, 0) is 38.4 Å². The lowest BCUT2D eigenvalue weighted by Crippen LogP contribution is -2.64. The monoisotopic (exact) mass is 955 g/mol. The Morgan fingerprint density at radius 2 is 1.27 bits per heavy atom. The maximum atomic E-state index is 14.0. The molecule has 0 aromatic heterocycles. The van der Waals surface area contributed by atoms with E-state index in [0.29, 0.717) is 6.42 Å². The van der Waals surface area contributed by atoms with Crippen molar-refractivity contribution in [1.82, 2.24) is 42.5 Å². The van der Waals surface area contributed by atoms with Crippen molar-refractivity contribution in [2.24, 2.45) is 39.6 Å². The van der Waals surface area contributed by atoms with E-state index in [1.54, 1.807) is 13.8 Å². The largest absolute Gasteiger partial charge is 0.389 e. The molecule has 382 valence electrons. The van der Waals surface area contributed by atoms with Gasteiger partial charge in [0, 0.05) is 32.6 Å². The van der Waals surface area contributed by atoms with Crippen molar-refractivity contribution < 1.29 is 53.7 Å². The Labute approximate surface area is 392 Å². The Kier molecular flexibility index (Phi) is 28.7. The maximum Gasteiger partial charge on any atom is 0.268 e. The van der Waals surface area contributed by atoms with E-state index >= 15 is 0 Å². The van der Waals surface area contributed by atoms with Gasteiger partial charge < -0.3 is 86.5 Å². The van der Waals surface area contributed by atoms with Gasteiger partial charge in [0.25, 0.3) is 5.91 Å². The molecular formula is C42H78N14O11. The van der Waals surface area contributed by atoms with Gasteiger partial charge >= 0.3 is 0 Å². The molecular weight excluding hydrogens is 877 g/mol. The van der Waals surface area contributed by atoms with Gasteiger partial charge in [-0.25, -0.2) is 0 Å². The fourth-order valence-corrected chi connectivity index (χ4v) is 6.86. The van der Waals surface area contributed by atoms with Crippen LogP contribution in [0.25, 0.3) is 0 Å². The lowest BCUT2D eigenvalue weighted by molar-refractivity contribution is -0.138. The first-order valence-electron chi connectivity index (χ1n) is 23.0. The van der Waals surface area contributed by atoms with Crippen molar-refractivity contribution in [2.45, 2.75) is 159 Å². The molecule has 0 radical (unpaired) electrons. The Hall–Kier alpha value is -5.47. The molecule has 1 saturated heterocycles. The van der Waals surface area contributed by atoms with Gasteiger partial charge in [0.2, 0.25) is 41.4 Å². The predicted octanol–water partition coefficient (Wildman–Crippen LogP) is -5.37. The van der Waals surface area contributed by atoms with Crippen molar-refractivity contribution in [2.75, 3.05) is 32.7 Å². The average Bonchev–Trinajstić information content (AvgIpc) is 3.28. The average molecular weight is 955 g/mol. The Bertz CT molecular complexity index is 1680. The minimum Gasteiger partial charge on any atom is -0.389 e. The van der Waals surface area contributed by atoms with Crippen LogP contribution in [0.3, 0.4) is 0 Å². The SMILES string of the molecule is C/C=C1\NC(=O)C(NC(=O)CCCCCCCCC)C(O)CNC(=O)C(C(O)CN)NC(=O)C(C(O)CN)NC(=O)C(CCCN=C(N)N)NC(=O)C(CC(C)C)NC(=O)C(CCN)NC1=O. The summed E-state index contributed by atoms with van der Waals surface area (Å²) < 4.78 is 0. The predicted molar refractivity (Wildman–Crippen MR) is 248 cm³/mol. The van der Waals surface area contributed by atoms with Crippen molar-refractivity contribution >= 4 is 53.2 Å². The normalized spacial score (nSPS) is 24.8. The van der Waals surface area contributed by atoms with E-state index in [1.165, 1.54) is 13.0 Å². The zero-order chi connectivity index (χ0) is 50.6. The summed E-state index contributed by atoms with van der Waals surface area (Å²) in [7, 11) is 0. The van der Waals surface area contributed by atoms with Gasteiger partial charge in [0.05, 0.1) is 12.2 Å². The van der Waals surface area contributed by atoms with Crippen LogP contribution in [-0.4, -0.2) is 156 Å². The fraction of sp³-hybridized carbons (Fsp3) is 0.738. The Morgan fingerprint density at radius 1 is 0.731 bits per heavy atom. The van der Waals surface area contributed by atoms with Crippen LogP contribution in [0.2, 0.25) is 0 Å². The number of guanidine groups is 1. The van der Waals surface area contributed by atoms with E-state index in [9.17, 15) is 53.7 Å². The Balaban J connectivity index is 3.84. The van der Waals surface area contributed by atoms with Gasteiger partial charge in [-0.1, -0.05) is 65.4 Å². The van der Waals surface area contributed by atoms with Gasteiger partial charge in [-0.15, -0.1) is 0 Å². The molecule has 0 spiro atoms. The number of β-amino-alcohol motifs (C(OH)–C–C–N with tert-alkyl or cyclic N) is 1. The highest BCUT2D eigenvalue weighted by atomic mass is 16.3. The quantitative estimate of drug-likeness (QED) is 0.0221. The summed E-state index contributed by atoms with van der Waals surface area (Å²) in [6.45, 7) is 4.92. The molecule has 25 heteroatoms. The summed E-state index contributed by atoms with van der Waals surface area (Å²) in [4.78, 5) is 114. The molecule has 9 atom stereocenters. The van der Waals surface area contributed by atoms with Gasteiger partial charge in [-0.3, -0.25) is 43.3 Å². The minimum absolute atomic E-state index is 0.00738. The van der Waals surface area contributed by atoms with Gasteiger partial charge in [0.1, 0.15) is 48.1 Å². The molecule has 0 aromatic carbocycles. The van der Waals surface area contributed by atoms with E-state index < -0.39 is 127 Å². The number of unbranched alkanes of at least 4 members (excludes halogenated alkanes) is 6. The number of nitrogens with one attached hydrogen (secondary N) is 8.